The van der Waals surface area contributed by atoms with Crippen LogP contribution in [0.4, 0.5) is 5.69 Å². The van der Waals surface area contributed by atoms with Gasteiger partial charge in [0.25, 0.3) is 10.0 Å². The lowest BCUT2D eigenvalue weighted by molar-refractivity contribution is -0.139. The first-order valence-electron chi connectivity index (χ1n) is 13.6. The minimum Gasteiger partial charge on any atom is -0.494 e. The van der Waals surface area contributed by atoms with Crippen LogP contribution in [0, 0.1) is 6.92 Å². The monoisotopic (exact) mass is 599 g/mol. The fraction of sp³-hybridized carbons (Fsp3) is 0.355. The number of aryl methyl sites for hydroxylation is 1. The van der Waals surface area contributed by atoms with E-state index in [0.717, 1.165) is 21.9 Å². The Labute approximate surface area is 248 Å². The van der Waals surface area contributed by atoms with Crippen molar-refractivity contribution in [2.24, 2.45) is 0 Å². The molecule has 0 unspecified atom stereocenters. The molecule has 0 heterocycles. The zero-order valence-electron chi connectivity index (χ0n) is 24.1. The van der Waals surface area contributed by atoms with Crippen LogP contribution in [0.2, 0.25) is 5.02 Å². The van der Waals surface area contributed by atoms with Gasteiger partial charge in [-0.25, -0.2) is 8.42 Å². The topological polar surface area (TPSA) is 96.0 Å². The van der Waals surface area contributed by atoms with Crippen molar-refractivity contribution >= 4 is 39.1 Å². The van der Waals surface area contributed by atoms with Gasteiger partial charge in [-0.15, -0.1) is 0 Å². The highest BCUT2D eigenvalue weighted by Crippen LogP contribution is 2.27. The molecule has 2 amide bonds. The number of hydrogen-bond donors (Lipinski definition) is 1. The molecule has 0 aromatic heterocycles. The molecule has 0 aliphatic carbocycles. The number of anilines is 1. The van der Waals surface area contributed by atoms with Gasteiger partial charge in [0.15, 0.2) is 0 Å². The van der Waals surface area contributed by atoms with Crippen molar-refractivity contribution in [3.05, 3.63) is 88.9 Å². The maximum absolute atomic E-state index is 14.0. The predicted octanol–water partition coefficient (Wildman–Crippen LogP) is 5.57. The lowest BCUT2D eigenvalue weighted by atomic mass is 10.1. The van der Waals surface area contributed by atoms with Crippen LogP contribution in [0.3, 0.4) is 0 Å². The summed E-state index contributed by atoms with van der Waals surface area (Å²) >= 11 is 6.06. The van der Waals surface area contributed by atoms with Crippen molar-refractivity contribution in [2.75, 3.05) is 17.5 Å². The summed E-state index contributed by atoms with van der Waals surface area (Å²) in [6.07, 6.45) is 0.726. The average Bonchev–Trinajstić information content (AvgIpc) is 2.95. The Kier molecular flexibility index (Phi) is 11.2. The quantitative estimate of drug-likeness (QED) is 0.277. The van der Waals surface area contributed by atoms with Gasteiger partial charge in [-0.1, -0.05) is 48.4 Å². The van der Waals surface area contributed by atoms with E-state index in [1.165, 1.54) is 17.0 Å². The van der Waals surface area contributed by atoms with Gasteiger partial charge in [-0.05, 0) is 88.2 Å². The normalized spacial score (nSPS) is 12.7. The van der Waals surface area contributed by atoms with E-state index in [9.17, 15) is 18.0 Å². The summed E-state index contributed by atoms with van der Waals surface area (Å²) in [6, 6.07) is 19.0. The number of hydrogen-bond acceptors (Lipinski definition) is 5. The van der Waals surface area contributed by atoms with Gasteiger partial charge in [0.05, 0.1) is 17.2 Å². The fourth-order valence-electron chi connectivity index (χ4n) is 4.08. The summed E-state index contributed by atoms with van der Waals surface area (Å²) in [4.78, 5) is 28.6. The molecule has 0 saturated carbocycles. The Hall–Kier alpha value is -3.56. The van der Waals surface area contributed by atoms with E-state index >= 15 is 0 Å². The van der Waals surface area contributed by atoms with E-state index < -0.39 is 28.5 Å². The van der Waals surface area contributed by atoms with Gasteiger partial charge in [-0.3, -0.25) is 13.9 Å². The fourth-order valence-corrected chi connectivity index (χ4v) is 5.62. The Bertz CT molecular complexity index is 1410. The molecule has 10 heteroatoms. The molecule has 220 valence electrons. The summed E-state index contributed by atoms with van der Waals surface area (Å²) in [5.74, 6) is -0.276. The number of benzene rings is 3. The highest BCUT2D eigenvalue weighted by molar-refractivity contribution is 7.92. The predicted molar refractivity (Wildman–Crippen MR) is 163 cm³/mol. The largest absolute Gasteiger partial charge is 0.494 e. The van der Waals surface area contributed by atoms with Crippen LogP contribution < -0.4 is 14.4 Å². The van der Waals surface area contributed by atoms with E-state index in [1.807, 2.05) is 27.7 Å². The van der Waals surface area contributed by atoms with Crippen LogP contribution in [-0.2, 0) is 26.2 Å². The molecule has 8 nitrogen and oxygen atoms in total. The maximum atomic E-state index is 14.0. The Balaban J connectivity index is 2.02. The number of carbonyl (C=O) groups is 2. The number of ether oxygens (including phenoxy) is 1. The summed E-state index contributed by atoms with van der Waals surface area (Å²) in [5.41, 5.74) is 1.95. The number of sulfonamides is 1. The highest BCUT2D eigenvalue weighted by Gasteiger charge is 2.32. The van der Waals surface area contributed by atoms with Crippen molar-refractivity contribution < 1.29 is 22.7 Å². The van der Waals surface area contributed by atoms with Crippen LogP contribution in [0.25, 0.3) is 0 Å². The smallest absolute Gasteiger partial charge is 0.264 e. The molecule has 3 rings (SSSR count). The molecule has 3 aromatic carbocycles. The second-order valence-electron chi connectivity index (χ2n) is 9.89. The Morgan fingerprint density at radius 1 is 0.927 bits per heavy atom. The zero-order chi connectivity index (χ0) is 30.2. The van der Waals surface area contributed by atoms with Gasteiger partial charge in [0.2, 0.25) is 11.8 Å². The van der Waals surface area contributed by atoms with Gasteiger partial charge >= 0.3 is 0 Å². The summed E-state index contributed by atoms with van der Waals surface area (Å²) in [5, 5.41) is 3.47. The molecule has 0 radical (unpaired) electrons. The first-order chi connectivity index (χ1) is 19.5. The van der Waals surface area contributed by atoms with Crippen molar-refractivity contribution in [1.29, 1.82) is 0 Å². The van der Waals surface area contributed by atoms with Crippen LogP contribution in [0.15, 0.2) is 77.7 Å². The molecule has 0 aliphatic rings. The number of nitrogens with one attached hydrogen (secondary N) is 1. The number of carbonyl (C=O) groups excluding carboxylic acids is 2. The second kappa shape index (κ2) is 14.4. The minimum absolute atomic E-state index is 0.0524. The molecule has 3 aromatic rings. The van der Waals surface area contributed by atoms with Crippen molar-refractivity contribution in [3.63, 3.8) is 0 Å². The van der Waals surface area contributed by atoms with Crippen LogP contribution in [0.5, 0.6) is 5.75 Å². The van der Waals surface area contributed by atoms with Crippen LogP contribution in [-0.4, -0.2) is 50.4 Å². The SMILES string of the molecule is CCOc1ccc(N(CC(=O)N(Cc2ccc(Cl)cc2)[C@H](C)C(=O)N[C@@H](C)CC)S(=O)(=O)c2ccc(C)cc2)cc1. The lowest BCUT2D eigenvalue weighted by Gasteiger charge is -2.32. The summed E-state index contributed by atoms with van der Waals surface area (Å²) < 4.78 is 34.4. The minimum atomic E-state index is -4.14. The Morgan fingerprint density at radius 3 is 2.10 bits per heavy atom. The first kappa shape index (κ1) is 32.0. The van der Waals surface area contributed by atoms with Crippen molar-refractivity contribution in [1.82, 2.24) is 10.2 Å². The van der Waals surface area contributed by atoms with Crippen LogP contribution in [0.1, 0.15) is 45.2 Å². The first-order valence-corrected chi connectivity index (χ1v) is 15.4. The molecule has 1 N–H and O–H groups in total. The van der Waals surface area contributed by atoms with Gasteiger partial charge < -0.3 is 15.0 Å². The maximum Gasteiger partial charge on any atom is 0.264 e. The van der Waals surface area contributed by atoms with E-state index in [-0.39, 0.29) is 23.4 Å². The van der Waals surface area contributed by atoms with E-state index in [2.05, 4.69) is 5.32 Å². The molecule has 0 saturated heterocycles. The van der Waals surface area contributed by atoms with Gasteiger partial charge in [0.1, 0.15) is 18.3 Å². The standard InChI is InChI=1S/C31H38ClN3O5S/c1-6-23(4)33-31(37)24(5)34(20-25-10-12-26(32)13-11-25)30(36)21-35(27-14-16-28(17-15-27)40-7-2)41(38,39)29-18-8-22(3)9-19-29/h8-19,23-24H,6-7,20-21H2,1-5H3,(H,33,37)/t23-,24+/m0/s1. The summed E-state index contributed by atoms with van der Waals surface area (Å²) in [6.45, 7) is 9.24. The molecule has 0 aliphatic heterocycles. The van der Waals surface area contributed by atoms with E-state index in [1.54, 1.807) is 67.6 Å². The summed E-state index contributed by atoms with van der Waals surface area (Å²) in [7, 11) is -4.14. The van der Waals surface area contributed by atoms with E-state index in [0.29, 0.717) is 23.1 Å². The van der Waals surface area contributed by atoms with Gasteiger partial charge in [0, 0.05) is 17.6 Å². The molecule has 0 fully saturated rings. The average molecular weight is 600 g/mol. The molecular weight excluding hydrogens is 562 g/mol. The highest BCUT2D eigenvalue weighted by atomic mass is 35.5. The van der Waals surface area contributed by atoms with Crippen molar-refractivity contribution in [2.45, 2.75) is 64.6 Å². The third-order valence-electron chi connectivity index (χ3n) is 6.76. The Morgan fingerprint density at radius 2 is 1.54 bits per heavy atom. The van der Waals surface area contributed by atoms with E-state index in [4.69, 9.17) is 16.3 Å². The molecule has 2 atom stereocenters. The number of rotatable bonds is 13. The third kappa shape index (κ3) is 8.47. The molecule has 0 spiro atoms. The zero-order valence-corrected chi connectivity index (χ0v) is 25.7. The molecule has 41 heavy (non-hydrogen) atoms. The third-order valence-corrected chi connectivity index (χ3v) is 8.80. The number of amides is 2. The van der Waals surface area contributed by atoms with Crippen molar-refractivity contribution in [3.8, 4) is 5.75 Å². The van der Waals surface area contributed by atoms with Crippen LogP contribution >= 0.6 is 11.6 Å². The van der Waals surface area contributed by atoms with Gasteiger partial charge in [-0.2, -0.15) is 0 Å². The lowest BCUT2D eigenvalue weighted by Crippen LogP contribution is -2.52. The molecule has 0 bridgehead atoms. The number of halogens is 1. The second-order valence-corrected chi connectivity index (χ2v) is 12.2. The number of nitrogens with zero attached hydrogens (tertiary/aromatic N) is 2. The molecular formula is C31H38ClN3O5S.